The highest BCUT2D eigenvalue weighted by atomic mass is 16.5. The first-order chi connectivity index (χ1) is 12.1. The second kappa shape index (κ2) is 9.69. The molecule has 134 valence electrons. The van der Waals surface area contributed by atoms with Crippen LogP contribution in [0.1, 0.15) is 31.1 Å². The average Bonchev–Trinajstić information content (AvgIpc) is 2.60. The smallest absolute Gasteiger partial charge is 0.255 e. The Labute approximate surface area is 148 Å². The molecule has 5 heteroatoms. The number of carbonyl (C=O) groups is 1. The minimum Gasteiger partial charge on any atom is -0.491 e. The van der Waals surface area contributed by atoms with Crippen LogP contribution in [0, 0.1) is 0 Å². The van der Waals surface area contributed by atoms with Crippen LogP contribution >= 0.6 is 0 Å². The molecule has 0 aliphatic heterocycles. The highest BCUT2D eigenvalue weighted by Gasteiger charge is 2.10. The third-order valence-electron chi connectivity index (χ3n) is 3.31. The molecular formula is C20H25NO4. The van der Waals surface area contributed by atoms with Crippen molar-refractivity contribution in [2.75, 3.05) is 25.1 Å². The number of hydrogen-bond donors (Lipinski definition) is 1. The van der Waals surface area contributed by atoms with Crippen molar-refractivity contribution in [3.63, 3.8) is 0 Å². The normalized spacial score (nSPS) is 10.6. The van der Waals surface area contributed by atoms with Crippen molar-refractivity contribution in [1.29, 1.82) is 0 Å². The van der Waals surface area contributed by atoms with Gasteiger partial charge in [-0.05, 0) is 57.2 Å². The van der Waals surface area contributed by atoms with E-state index in [0.717, 1.165) is 0 Å². The van der Waals surface area contributed by atoms with Crippen LogP contribution in [0.15, 0.2) is 48.5 Å². The molecule has 0 radical (unpaired) electrons. The van der Waals surface area contributed by atoms with Crippen LogP contribution in [0.4, 0.5) is 5.69 Å². The lowest BCUT2D eigenvalue weighted by molar-refractivity contribution is 0.102. The number of anilines is 1. The highest BCUT2D eigenvalue weighted by molar-refractivity contribution is 6.05. The molecule has 1 amide bonds. The Kier molecular flexibility index (Phi) is 7.29. The van der Waals surface area contributed by atoms with Crippen molar-refractivity contribution in [2.24, 2.45) is 0 Å². The minimum absolute atomic E-state index is 0.0335. The molecule has 0 bridgehead atoms. The number of rotatable bonds is 9. The summed E-state index contributed by atoms with van der Waals surface area (Å²) in [5.74, 6) is 1.17. The molecule has 5 nitrogen and oxygen atoms in total. The van der Waals surface area contributed by atoms with Crippen molar-refractivity contribution in [3.8, 4) is 11.5 Å². The molecule has 25 heavy (non-hydrogen) atoms. The zero-order valence-corrected chi connectivity index (χ0v) is 15.0. The molecule has 2 rings (SSSR count). The molecule has 1 N–H and O–H groups in total. The third kappa shape index (κ3) is 6.12. The summed E-state index contributed by atoms with van der Waals surface area (Å²) in [6.45, 7) is 7.54. The Hall–Kier alpha value is -2.53. The molecule has 2 aromatic rings. The molecule has 0 spiro atoms. The van der Waals surface area contributed by atoms with Crippen molar-refractivity contribution in [3.05, 3.63) is 54.1 Å². The lowest BCUT2D eigenvalue weighted by Gasteiger charge is -2.15. The lowest BCUT2D eigenvalue weighted by Crippen LogP contribution is -2.14. The van der Waals surface area contributed by atoms with Crippen LogP contribution in [0.5, 0.6) is 11.5 Å². The second-order valence-electron chi connectivity index (χ2n) is 5.69. The van der Waals surface area contributed by atoms with E-state index in [9.17, 15) is 4.79 Å². The molecular weight excluding hydrogens is 318 g/mol. The first-order valence-corrected chi connectivity index (χ1v) is 8.47. The zero-order valence-electron chi connectivity index (χ0n) is 15.0. The Balaban J connectivity index is 1.97. The average molecular weight is 343 g/mol. The van der Waals surface area contributed by atoms with Gasteiger partial charge in [-0.2, -0.15) is 0 Å². The van der Waals surface area contributed by atoms with E-state index in [1.807, 2.05) is 45.0 Å². The van der Waals surface area contributed by atoms with Gasteiger partial charge in [-0.1, -0.05) is 12.1 Å². The zero-order chi connectivity index (χ0) is 18.1. The lowest BCUT2D eigenvalue weighted by atomic mass is 10.2. The fourth-order valence-corrected chi connectivity index (χ4v) is 2.19. The van der Waals surface area contributed by atoms with Crippen molar-refractivity contribution < 1.29 is 19.0 Å². The molecule has 0 atom stereocenters. The van der Waals surface area contributed by atoms with E-state index in [1.165, 1.54) is 0 Å². The summed E-state index contributed by atoms with van der Waals surface area (Å²) in [7, 11) is 0. The van der Waals surface area contributed by atoms with Gasteiger partial charge in [0.25, 0.3) is 5.91 Å². The van der Waals surface area contributed by atoms with Crippen LogP contribution in [-0.2, 0) is 4.74 Å². The van der Waals surface area contributed by atoms with E-state index >= 15 is 0 Å². The van der Waals surface area contributed by atoms with E-state index in [1.54, 1.807) is 24.3 Å². The summed E-state index contributed by atoms with van der Waals surface area (Å²) in [4.78, 5) is 12.4. The van der Waals surface area contributed by atoms with E-state index in [2.05, 4.69) is 5.32 Å². The Bertz CT molecular complexity index is 668. The van der Waals surface area contributed by atoms with Crippen LogP contribution in [0.2, 0.25) is 0 Å². The summed E-state index contributed by atoms with van der Waals surface area (Å²) in [6, 6.07) is 14.4. The van der Waals surface area contributed by atoms with E-state index in [-0.39, 0.29) is 12.0 Å². The van der Waals surface area contributed by atoms with Gasteiger partial charge in [0.1, 0.15) is 18.1 Å². The van der Waals surface area contributed by atoms with Crippen LogP contribution in [0.25, 0.3) is 0 Å². The highest BCUT2D eigenvalue weighted by Crippen LogP contribution is 2.25. The first-order valence-electron chi connectivity index (χ1n) is 8.47. The summed E-state index contributed by atoms with van der Waals surface area (Å²) in [6.07, 6.45) is 0.0335. The van der Waals surface area contributed by atoms with Gasteiger partial charge in [-0.25, -0.2) is 0 Å². The van der Waals surface area contributed by atoms with Gasteiger partial charge in [-0.15, -0.1) is 0 Å². The minimum atomic E-state index is -0.194. The number of nitrogens with one attached hydrogen (secondary N) is 1. The van der Waals surface area contributed by atoms with Gasteiger partial charge in [0.05, 0.1) is 18.4 Å². The topological polar surface area (TPSA) is 56.8 Å². The van der Waals surface area contributed by atoms with Gasteiger partial charge < -0.3 is 19.5 Å². The molecule has 2 aromatic carbocycles. The number of carbonyl (C=O) groups excluding carboxylic acids is 1. The molecule has 0 fully saturated rings. The van der Waals surface area contributed by atoms with Crippen LogP contribution in [0.3, 0.4) is 0 Å². The SMILES string of the molecule is CCOCCOc1ccc(C(=O)Nc2ccccc2OC(C)C)cc1. The molecule has 0 saturated carbocycles. The van der Waals surface area contributed by atoms with E-state index < -0.39 is 0 Å². The summed E-state index contributed by atoms with van der Waals surface area (Å²) in [5.41, 5.74) is 1.20. The maximum atomic E-state index is 12.4. The molecule has 0 aromatic heterocycles. The van der Waals surface area contributed by atoms with Crippen molar-refractivity contribution in [2.45, 2.75) is 26.9 Å². The number of hydrogen-bond acceptors (Lipinski definition) is 4. The molecule has 0 unspecified atom stereocenters. The fraction of sp³-hybridized carbons (Fsp3) is 0.350. The third-order valence-corrected chi connectivity index (χ3v) is 3.31. The molecule has 0 saturated heterocycles. The van der Waals surface area contributed by atoms with Crippen molar-refractivity contribution >= 4 is 11.6 Å². The summed E-state index contributed by atoms with van der Waals surface area (Å²) >= 11 is 0. The van der Waals surface area contributed by atoms with Gasteiger partial charge >= 0.3 is 0 Å². The largest absolute Gasteiger partial charge is 0.491 e. The van der Waals surface area contributed by atoms with Gasteiger partial charge in [0.2, 0.25) is 0 Å². The summed E-state index contributed by atoms with van der Waals surface area (Å²) in [5, 5.41) is 2.89. The predicted octanol–water partition coefficient (Wildman–Crippen LogP) is 4.14. The summed E-state index contributed by atoms with van der Waals surface area (Å²) < 4.78 is 16.5. The number of amides is 1. The van der Waals surface area contributed by atoms with E-state index in [4.69, 9.17) is 14.2 Å². The maximum Gasteiger partial charge on any atom is 0.255 e. The molecule has 0 aliphatic rings. The predicted molar refractivity (Wildman–Crippen MR) is 98.6 cm³/mol. The molecule has 0 aliphatic carbocycles. The van der Waals surface area contributed by atoms with Gasteiger partial charge in [-0.3, -0.25) is 4.79 Å². The van der Waals surface area contributed by atoms with Crippen LogP contribution in [-0.4, -0.2) is 31.8 Å². The fourth-order valence-electron chi connectivity index (χ4n) is 2.19. The number of benzene rings is 2. The first kappa shape index (κ1) is 18.8. The quantitative estimate of drug-likeness (QED) is 0.695. The van der Waals surface area contributed by atoms with Gasteiger partial charge in [0.15, 0.2) is 0 Å². The second-order valence-corrected chi connectivity index (χ2v) is 5.69. The number of ether oxygens (including phenoxy) is 3. The standard InChI is InChI=1S/C20H25NO4/c1-4-23-13-14-24-17-11-9-16(10-12-17)20(22)21-18-7-5-6-8-19(18)25-15(2)3/h5-12,15H,4,13-14H2,1-3H3,(H,21,22). The maximum absolute atomic E-state index is 12.4. The molecule has 0 heterocycles. The van der Waals surface area contributed by atoms with Crippen molar-refractivity contribution in [1.82, 2.24) is 0 Å². The van der Waals surface area contributed by atoms with Gasteiger partial charge in [0, 0.05) is 12.2 Å². The Morgan fingerprint density at radius 1 is 1.04 bits per heavy atom. The van der Waals surface area contributed by atoms with E-state index in [0.29, 0.717) is 42.6 Å². The van der Waals surface area contributed by atoms with Crippen LogP contribution < -0.4 is 14.8 Å². The Morgan fingerprint density at radius 2 is 1.76 bits per heavy atom. The number of para-hydroxylation sites is 2. The Morgan fingerprint density at radius 3 is 2.44 bits per heavy atom. The monoisotopic (exact) mass is 343 g/mol.